The number of ketones is 1. The summed E-state index contributed by atoms with van der Waals surface area (Å²) in [5.74, 6) is 0.905. The van der Waals surface area contributed by atoms with Crippen LogP contribution in [-0.2, 0) is 4.74 Å². The summed E-state index contributed by atoms with van der Waals surface area (Å²) < 4.78 is 5.55. The summed E-state index contributed by atoms with van der Waals surface area (Å²) in [6.07, 6.45) is 2.51. The molecule has 5 heteroatoms. The van der Waals surface area contributed by atoms with Gasteiger partial charge in [-0.1, -0.05) is 23.2 Å². The fourth-order valence-electron chi connectivity index (χ4n) is 2.01. The molecule has 2 nitrogen and oxygen atoms in total. The van der Waals surface area contributed by atoms with E-state index in [2.05, 4.69) is 0 Å². The van der Waals surface area contributed by atoms with E-state index in [1.54, 1.807) is 30.0 Å². The molecule has 0 amide bonds. The number of thioether (sulfide) groups is 1. The monoisotopic (exact) mass is 318 g/mol. The molecule has 1 saturated heterocycles. The normalized spacial score (nSPS) is 20.5. The summed E-state index contributed by atoms with van der Waals surface area (Å²) in [5.41, 5.74) is 0.540. The number of carbonyl (C=O) groups is 1. The number of ether oxygens (including phenoxy) is 1. The molecule has 0 spiro atoms. The fraction of sp³-hybridized carbons (Fsp3) is 0.500. The Balaban J connectivity index is 1.94. The van der Waals surface area contributed by atoms with Gasteiger partial charge in [0.15, 0.2) is 5.78 Å². The van der Waals surface area contributed by atoms with Gasteiger partial charge < -0.3 is 4.74 Å². The molecular formula is C14H16Cl2O2S. The maximum Gasteiger partial charge on any atom is 0.177 e. The van der Waals surface area contributed by atoms with E-state index in [-0.39, 0.29) is 11.0 Å². The van der Waals surface area contributed by atoms with Crippen molar-refractivity contribution in [3.63, 3.8) is 0 Å². The van der Waals surface area contributed by atoms with E-state index in [0.717, 1.165) is 25.2 Å². The van der Waals surface area contributed by atoms with Crippen LogP contribution in [0.1, 0.15) is 30.1 Å². The van der Waals surface area contributed by atoms with Gasteiger partial charge in [0.1, 0.15) is 0 Å². The van der Waals surface area contributed by atoms with Gasteiger partial charge >= 0.3 is 0 Å². The van der Waals surface area contributed by atoms with Crippen molar-refractivity contribution in [3.8, 4) is 0 Å². The number of hydrogen-bond acceptors (Lipinski definition) is 3. The molecule has 1 aromatic rings. The van der Waals surface area contributed by atoms with Crippen LogP contribution >= 0.6 is 35.0 Å². The van der Waals surface area contributed by atoms with E-state index in [0.29, 0.717) is 21.7 Å². The van der Waals surface area contributed by atoms with Gasteiger partial charge in [-0.3, -0.25) is 4.79 Å². The third kappa shape index (κ3) is 4.12. The summed E-state index contributed by atoms with van der Waals surface area (Å²) in [6.45, 7) is 2.75. The molecule has 0 radical (unpaired) electrons. The minimum atomic E-state index is -0.122. The second-order valence-corrected chi connectivity index (χ2v) is 6.82. The first kappa shape index (κ1) is 15.2. The van der Waals surface area contributed by atoms with Crippen molar-refractivity contribution in [1.29, 1.82) is 0 Å². The zero-order valence-corrected chi connectivity index (χ0v) is 13.0. The molecule has 0 bridgehead atoms. The first-order valence-corrected chi connectivity index (χ1v) is 8.11. The van der Waals surface area contributed by atoms with Crippen LogP contribution < -0.4 is 0 Å². The van der Waals surface area contributed by atoms with Crippen LogP contribution in [0.25, 0.3) is 0 Å². The molecule has 1 heterocycles. The number of Topliss-reactive ketones (excluding diaryl/α,β-unsaturated/α-hetero) is 1. The Morgan fingerprint density at radius 3 is 2.95 bits per heavy atom. The first-order chi connectivity index (χ1) is 9.08. The van der Waals surface area contributed by atoms with Crippen LogP contribution in [0.15, 0.2) is 18.2 Å². The molecular weight excluding hydrogens is 303 g/mol. The van der Waals surface area contributed by atoms with Gasteiger partial charge in [0, 0.05) is 22.9 Å². The van der Waals surface area contributed by atoms with Crippen LogP contribution in [0.2, 0.25) is 10.0 Å². The molecule has 2 unspecified atom stereocenters. The van der Waals surface area contributed by atoms with Crippen molar-refractivity contribution >= 4 is 40.7 Å². The van der Waals surface area contributed by atoms with E-state index in [9.17, 15) is 4.79 Å². The van der Waals surface area contributed by atoms with Crippen molar-refractivity contribution in [3.05, 3.63) is 33.8 Å². The number of carbonyl (C=O) groups excluding carboxylic acids is 1. The Morgan fingerprint density at radius 1 is 1.53 bits per heavy atom. The summed E-state index contributed by atoms with van der Waals surface area (Å²) in [4.78, 5) is 12.3. The zero-order valence-electron chi connectivity index (χ0n) is 10.7. The Kier molecular flexibility index (Phi) is 5.58. The van der Waals surface area contributed by atoms with Crippen molar-refractivity contribution < 1.29 is 9.53 Å². The molecule has 104 valence electrons. The summed E-state index contributed by atoms with van der Waals surface area (Å²) >= 11 is 13.5. The Hall–Kier alpha value is -0.220. The highest BCUT2D eigenvalue weighted by molar-refractivity contribution is 8.00. The van der Waals surface area contributed by atoms with Gasteiger partial charge in [-0.2, -0.15) is 0 Å². The van der Waals surface area contributed by atoms with Gasteiger partial charge in [-0.05, 0) is 38.0 Å². The fourth-order valence-corrected chi connectivity index (χ4v) is 3.56. The second-order valence-electron chi connectivity index (χ2n) is 4.60. The SMILES string of the molecule is CC(SCC1CCCO1)C(=O)c1ccc(Cl)cc1Cl. The van der Waals surface area contributed by atoms with E-state index < -0.39 is 0 Å². The minimum Gasteiger partial charge on any atom is -0.377 e. The Morgan fingerprint density at radius 2 is 2.32 bits per heavy atom. The van der Waals surface area contributed by atoms with Gasteiger partial charge in [-0.25, -0.2) is 0 Å². The number of hydrogen-bond donors (Lipinski definition) is 0. The van der Waals surface area contributed by atoms with E-state index in [4.69, 9.17) is 27.9 Å². The molecule has 19 heavy (non-hydrogen) atoms. The van der Waals surface area contributed by atoms with Crippen LogP contribution in [0, 0.1) is 0 Å². The highest BCUT2D eigenvalue weighted by atomic mass is 35.5. The Labute approximate surface area is 127 Å². The second kappa shape index (κ2) is 6.98. The zero-order chi connectivity index (χ0) is 13.8. The molecule has 2 atom stereocenters. The number of rotatable bonds is 5. The summed E-state index contributed by atoms with van der Waals surface area (Å²) in [7, 11) is 0. The lowest BCUT2D eigenvalue weighted by Gasteiger charge is -2.14. The van der Waals surface area contributed by atoms with Crippen molar-refractivity contribution in [2.75, 3.05) is 12.4 Å². The topological polar surface area (TPSA) is 26.3 Å². The average molecular weight is 319 g/mol. The molecule has 2 rings (SSSR count). The molecule has 1 aliphatic rings. The van der Waals surface area contributed by atoms with E-state index in [1.807, 2.05) is 6.92 Å². The smallest absolute Gasteiger partial charge is 0.177 e. The quantitative estimate of drug-likeness (QED) is 0.749. The lowest BCUT2D eigenvalue weighted by Crippen LogP contribution is -2.18. The highest BCUT2D eigenvalue weighted by Gasteiger charge is 2.22. The van der Waals surface area contributed by atoms with Gasteiger partial charge in [0.25, 0.3) is 0 Å². The van der Waals surface area contributed by atoms with Gasteiger partial charge in [0.2, 0.25) is 0 Å². The first-order valence-electron chi connectivity index (χ1n) is 6.30. The molecule has 1 fully saturated rings. The number of halogens is 2. The van der Waals surface area contributed by atoms with Gasteiger partial charge in [0.05, 0.1) is 16.4 Å². The predicted molar refractivity (Wildman–Crippen MR) is 81.7 cm³/mol. The van der Waals surface area contributed by atoms with Crippen LogP contribution in [0.3, 0.4) is 0 Å². The van der Waals surface area contributed by atoms with Crippen molar-refractivity contribution in [1.82, 2.24) is 0 Å². The lowest BCUT2D eigenvalue weighted by molar-refractivity contribution is 0.0993. The Bertz CT molecular complexity index is 459. The standard InChI is InChI=1S/C14H16Cl2O2S/c1-9(19-8-11-3-2-6-18-11)14(17)12-5-4-10(15)7-13(12)16/h4-5,7,9,11H,2-3,6,8H2,1H3. The van der Waals surface area contributed by atoms with Crippen LogP contribution in [0.5, 0.6) is 0 Å². The van der Waals surface area contributed by atoms with E-state index >= 15 is 0 Å². The summed E-state index contributed by atoms with van der Waals surface area (Å²) in [6, 6.07) is 4.99. The lowest BCUT2D eigenvalue weighted by atomic mass is 10.1. The maximum absolute atomic E-state index is 12.3. The van der Waals surface area contributed by atoms with Crippen LogP contribution in [0.4, 0.5) is 0 Å². The molecule has 0 N–H and O–H groups in total. The van der Waals surface area contributed by atoms with Crippen molar-refractivity contribution in [2.24, 2.45) is 0 Å². The van der Waals surface area contributed by atoms with E-state index in [1.165, 1.54) is 0 Å². The molecule has 0 saturated carbocycles. The predicted octanol–water partition coefficient (Wildman–Crippen LogP) is 4.48. The van der Waals surface area contributed by atoms with Gasteiger partial charge in [-0.15, -0.1) is 11.8 Å². The molecule has 1 aliphatic heterocycles. The third-order valence-electron chi connectivity index (χ3n) is 3.12. The van der Waals surface area contributed by atoms with Crippen LogP contribution in [-0.4, -0.2) is 29.5 Å². The molecule has 1 aromatic carbocycles. The minimum absolute atomic E-state index is 0.0460. The third-order valence-corrected chi connectivity index (χ3v) is 4.95. The number of benzene rings is 1. The average Bonchev–Trinajstić information content (AvgIpc) is 2.88. The molecule has 0 aromatic heterocycles. The summed E-state index contributed by atoms with van der Waals surface area (Å²) in [5, 5.41) is 0.839. The molecule has 0 aliphatic carbocycles. The largest absolute Gasteiger partial charge is 0.377 e. The highest BCUT2D eigenvalue weighted by Crippen LogP contribution is 2.27. The maximum atomic E-state index is 12.3. The van der Waals surface area contributed by atoms with Crippen molar-refractivity contribution in [2.45, 2.75) is 31.1 Å².